The first-order valence-electron chi connectivity index (χ1n) is 9.66. The summed E-state index contributed by atoms with van der Waals surface area (Å²) in [5, 5.41) is 31.7. The van der Waals surface area contributed by atoms with Crippen LogP contribution in [-0.4, -0.2) is 62.8 Å². The largest absolute Gasteiger partial charge is 0.502 e. The number of hydrogen-bond donors (Lipinski definition) is 3. The highest BCUT2D eigenvalue weighted by Crippen LogP contribution is 2.59. The molecule has 2 aromatic rings. The van der Waals surface area contributed by atoms with Gasteiger partial charge in [0.25, 0.3) is 0 Å². The number of ether oxygens (including phenoxy) is 5. The van der Waals surface area contributed by atoms with E-state index < -0.39 is 17.8 Å². The molecule has 2 aromatic carbocycles. The highest BCUT2D eigenvalue weighted by atomic mass is 16.5. The van der Waals surface area contributed by atoms with E-state index in [1.165, 1.54) is 40.6 Å². The van der Waals surface area contributed by atoms with E-state index >= 15 is 0 Å². The number of phenolic OH excluding ortho intramolecular Hbond substituents is 2. The highest BCUT2D eigenvalue weighted by molar-refractivity contribution is 6.03. The molecule has 166 valence electrons. The summed E-state index contributed by atoms with van der Waals surface area (Å²) in [4.78, 5) is 13.4. The van der Waals surface area contributed by atoms with Gasteiger partial charge in [-0.25, -0.2) is 0 Å². The number of phenols is 2. The summed E-state index contributed by atoms with van der Waals surface area (Å²) in [5.74, 6) is -2.01. The second kappa shape index (κ2) is 7.73. The maximum atomic E-state index is 13.4. The zero-order valence-electron chi connectivity index (χ0n) is 17.6. The first-order valence-corrected chi connectivity index (χ1v) is 9.66. The summed E-state index contributed by atoms with van der Waals surface area (Å²) in [5.41, 5.74) is 1.09. The molecule has 0 radical (unpaired) electrons. The summed E-state index contributed by atoms with van der Waals surface area (Å²) >= 11 is 0. The monoisotopic (exact) mass is 432 g/mol. The van der Waals surface area contributed by atoms with E-state index in [-0.39, 0.29) is 53.5 Å². The van der Waals surface area contributed by atoms with Crippen LogP contribution in [0.4, 0.5) is 0 Å². The van der Waals surface area contributed by atoms with Crippen molar-refractivity contribution in [3.8, 4) is 40.2 Å². The third kappa shape index (κ3) is 2.83. The minimum Gasteiger partial charge on any atom is -0.502 e. The van der Waals surface area contributed by atoms with Crippen molar-refractivity contribution in [1.29, 1.82) is 0 Å². The molecule has 2 aliphatic rings. The fourth-order valence-electron chi connectivity index (χ4n) is 4.72. The maximum Gasteiger partial charge on any atom is 0.201 e. The minimum atomic E-state index is -0.682. The fourth-order valence-corrected chi connectivity index (χ4v) is 4.72. The van der Waals surface area contributed by atoms with E-state index in [0.29, 0.717) is 22.4 Å². The van der Waals surface area contributed by atoms with Crippen molar-refractivity contribution in [1.82, 2.24) is 0 Å². The summed E-state index contributed by atoms with van der Waals surface area (Å²) in [7, 11) is 5.54. The van der Waals surface area contributed by atoms with E-state index in [9.17, 15) is 20.1 Å². The molecule has 31 heavy (non-hydrogen) atoms. The van der Waals surface area contributed by atoms with Crippen LogP contribution in [0, 0.1) is 11.8 Å². The van der Waals surface area contributed by atoms with Gasteiger partial charge in [0.05, 0.1) is 41.0 Å². The number of fused-ring (bicyclic) bond motifs is 6. The number of methoxy groups -OCH3 is 4. The molecule has 1 aliphatic carbocycles. The molecule has 9 heteroatoms. The minimum absolute atomic E-state index is 0.00952. The lowest BCUT2D eigenvalue weighted by molar-refractivity contribution is 0.0690. The molecule has 0 aromatic heterocycles. The quantitative estimate of drug-likeness (QED) is 0.651. The Labute approximate surface area is 178 Å². The number of carbonyl (C=O) groups excluding carboxylic acids is 1. The highest BCUT2D eigenvalue weighted by Gasteiger charge is 2.50. The van der Waals surface area contributed by atoms with Crippen molar-refractivity contribution in [2.24, 2.45) is 11.8 Å². The number of Topliss-reactive ketones (excluding diaryl/α,β-unsaturated/α-hetero) is 1. The Hall–Kier alpha value is -3.33. The zero-order chi connectivity index (χ0) is 22.4. The molecule has 1 aliphatic heterocycles. The molecule has 1 heterocycles. The van der Waals surface area contributed by atoms with Crippen LogP contribution in [0.5, 0.6) is 40.2 Å². The van der Waals surface area contributed by atoms with Crippen molar-refractivity contribution in [2.45, 2.75) is 5.92 Å². The summed E-state index contributed by atoms with van der Waals surface area (Å²) < 4.78 is 27.4. The third-order valence-corrected chi connectivity index (χ3v) is 6.13. The van der Waals surface area contributed by atoms with Crippen LogP contribution in [0.1, 0.15) is 27.4 Å². The van der Waals surface area contributed by atoms with Gasteiger partial charge in [-0.05, 0) is 6.07 Å². The van der Waals surface area contributed by atoms with E-state index in [1.54, 1.807) is 0 Å². The summed E-state index contributed by atoms with van der Waals surface area (Å²) in [6.07, 6.45) is 0. The van der Waals surface area contributed by atoms with E-state index in [2.05, 4.69) is 0 Å². The number of carbonyl (C=O) groups is 1. The Morgan fingerprint density at radius 2 is 1.52 bits per heavy atom. The molecule has 4 rings (SSSR count). The molecule has 3 N–H and O–H groups in total. The van der Waals surface area contributed by atoms with Gasteiger partial charge >= 0.3 is 0 Å². The second-order valence-corrected chi connectivity index (χ2v) is 7.40. The van der Waals surface area contributed by atoms with Gasteiger partial charge < -0.3 is 39.0 Å². The van der Waals surface area contributed by atoms with Crippen LogP contribution in [-0.2, 0) is 0 Å². The maximum absolute atomic E-state index is 13.4. The molecule has 9 nitrogen and oxygen atoms in total. The van der Waals surface area contributed by atoms with Gasteiger partial charge in [0.2, 0.25) is 11.5 Å². The molecule has 2 bridgehead atoms. The van der Waals surface area contributed by atoms with E-state index in [0.717, 1.165) is 0 Å². The lowest BCUT2D eigenvalue weighted by atomic mass is 9.66. The Balaban J connectivity index is 2.13. The zero-order valence-corrected chi connectivity index (χ0v) is 17.6. The van der Waals surface area contributed by atoms with Gasteiger partial charge in [0.15, 0.2) is 28.8 Å². The van der Waals surface area contributed by atoms with Gasteiger partial charge in [-0.1, -0.05) is 0 Å². The van der Waals surface area contributed by atoms with Gasteiger partial charge in [-0.2, -0.15) is 0 Å². The van der Waals surface area contributed by atoms with Crippen LogP contribution in [0.3, 0.4) is 0 Å². The summed E-state index contributed by atoms with van der Waals surface area (Å²) in [6, 6.07) is 2.98. The van der Waals surface area contributed by atoms with Crippen molar-refractivity contribution in [3.05, 3.63) is 28.8 Å². The molecule has 0 saturated carbocycles. The Morgan fingerprint density at radius 3 is 2.06 bits per heavy atom. The molecule has 0 unspecified atom stereocenters. The van der Waals surface area contributed by atoms with Crippen molar-refractivity contribution < 1.29 is 43.8 Å². The van der Waals surface area contributed by atoms with Crippen molar-refractivity contribution >= 4 is 5.78 Å². The first kappa shape index (κ1) is 20.9. The Bertz CT molecular complexity index is 1050. The van der Waals surface area contributed by atoms with Gasteiger partial charge in [0.1, 0.15) is 5.75 Å². The van der Waals surface area contributed by atoms with Crippen LogP contribution < -0.4 is 23.7 Å². The fraction of sp³-hybridized carbons (Fsp3) is 0.409. The molecule has 0 spiro atoms. The van der Waals surface area contributed by atoms with E-state index in [1.807, 2.05) is 0 Å². The molecule has 0 amide bonds. The molecule has 0 saturated heterocycles. The lowest BCUT2D eigenvalue weighted by Gasteiger charge is -2.37. The second-order valence-electron chi connectivity index (χ2n) is 7.40. The van der Waals surface area contributed by atoms with Crippen LogP contribution >= 0.6 is 0 Å². The SMILES string of the molecule is COc1cc2c(c(OC)c1O)[C@@H]1c3c(cc(OC)c(O)c3OC)C(=O)[C@H](CO2)[C@H]1CO. The van der Waals surface area contributed by atoms with E-state index in [4.69, 9.17) is 23.7 Å². The molecule has 3 atom stereocenters. The number of rotatable bonds is 5. The molecular weight excluding hydrogens is 408 g/mol. The van der Waals surface area contributed by atoms with Gasteiger partial charge in [0, 0.05) is 41.2 Å². The number of benzene rings is 2. The van der Waals surface area contributed by atoms with Crippen LogP contribution in [0.15, 0.2) is 12.1 Å². The first-order chi connectivity index (χ1) is 14.9. The Kier molecular flexibility index (Phi) is 5.22. The van der Waals surface area contributed by atoms with Crippen molar-refractivity contribution in [2.75, 3.05) is 41.7 Å². The lowest BCUT2D eigenvalue weighted by Crippen LogP contribution is -2.39. The smallest absolute Gasteiger partial charge is 0.201 e. The standard InChI is InChI=1S/C22H24O9/c1-27-13-5-9-16(21(29-3)19(13)25)15-10(7-23)11(18(9)24)8-31-12-6-14(28-2)20(26)22(30-4)17(12)15/h5-6,10-11,15,23,25-26H,7-8H2,1-4H3/t10-,11-,15+/m1/s1. The van der Waals surface area contributed by atoms with Gasteiger partial charge in [-0.3, -0.25) is 4.79 Å². The average Bonchev–Trinajstić information content (AvgIpc) is 2.91. The number of aliphatic hydroxyl groups excluding tert-OH is 1. The molecular formula is C22H24O9. The number of hydrogen-bond acceptors (Lipinski definition) is 9. The van der Waals surface area contributed by atoms with Crippen LogP contribution in [0.25, 0.3) is 0 Å². The predicted molar refractivity (Wildman–Crippen MR) is 108 cm³/mol. The molecule has 0 fully saturated rings. The number of aliphatic hydroxyl groups is 1. The van der Waals surface area contributed by atoms with Gasteiger partial charge in [-0.15, -0.1) is 0 Å². The average molecular weight is 432 g/mol. The predicted octanol–water partition coefficient (Wildman–Crippen LogP) is 2.08. The van der Waals surface area contributed by atoms with Crippen molar-refractivity contribution in [3.63, 3.8) is 0 Å². The number of ketones is 1. The normalized spacial score (nSPS) is 21.3. The number of aromatic hydroxyl groups is 2. The topological polar surface area (TPSA) is 124 Å². The summed E-state index contributed by atoms with van der Waals surface area (Å²) in [6.45, 7) is -0.329. The van der Waals surface area contributed by atoms with Crippen LogP contribution in [0.2, 0.25) is 0 Å². The third-order valence-electron chi connectivity index (χ3n) is 6.13. The Morgan fingerprint density at radius 1 is 0.935 bits per heavy atom.